The summed E-state index contributed by atoms with van der Waals surface area (Å²) < 4.78 is 39.5. The van der Waals surface area contributed by atoms with Crippen LogP contribution >= 0.6 is 7.82 Å². The Balaban J connectivity index is 4.71. The summed E-state index contributed by atoms with van der Waals surface area (Å²) in [7, 11) is -4.75. The average Bonchev–Trinajstić information content (AvgIpc) is 3.37. The van der Waals surface area contributed by atoms with E-state index in [1.54, 1.807) is 0 Å². The molecule has 0 amide bonds. The van der Waals surface area contributed by atoms with Crippen molar-refractivity contribution in [2.75, 3.05) is 26.4 Å². The Morgan fingerprint density at radius 1 is 0.389 bits per heavy atom. The molecule has 0 aliphatic rings. The molecule has 0 heterocycles. The van der Waals surface area contributed by atoms with E-state index in [4.69, 9.17) is 23.3 Å². The maximum atomic E-state index is 12.9. The number of aliphatic hydroxyl groups is 1. The van der Waals surface area contributed by atoms with E-state index in [0.717, 1.165) is 109 Å². The molecule has 0 aromatic heterocycles. The number of esters is 3. The Bertz CT molecular complexity index is 1400. The van der Waals surface area contributed by atoms with Gasteiger partial charge in [0.15, 0.2) is 6.10 Å². The van der Waals surface area contributed by atoms with E-state index in [-0.39, 0.29) is 25.9 Å². The van der Waals surface area contributed by atoms with Crippen molar-refractivity contribution in [3.8, 4) is 0 Å². The van der Waals surface area contributed by atoms with Crippen LogP contribution in [0.1, 0.15) is 278 Å². The number of allylic oxidation sites excluding steroid dienone is 8. The van der Waals surface area contributed by atoms with E-state index in [0.29, 0.717) is 19.3 Å². The number of carbonyl (C=O) groups is 3. The van der Waals surface area contributed by atoms with Crippen molar-refractivity contribution in [3.05, 3.63) is 48.6 Å². The molecule has 2 N–H and O–H groups in total. The first-order valence-corrected chi connectivity index (χ1v) is 31.0. The summed E-state index contributed by atoms with van der Waals surface area (Å²) in [6, 6.07) is 0. The van der Waals surface area contributed by atoms with Gasteiger partial charge in [-0.3, -0.25) is 23.4 Å². The monoisotopic (exact) mass is 1040 g/mol. The van der Waals surface area contributed by atoms with Crippen molar-refractivity contribution < 1.29 is 52.2 Å². The van der Waals surface area contributed by atoms with Crippen molar-refractivity contribution >= 4 is 25.7 Å². The SMILES string of the molecule is CCC/C=C\C/C=C\CCCCCCCC(=O)OCC(COP(=O)(O)OCC(CO)OC(=O)CCCCCCC/C=C\CCCCCCCC)OC(=O)CCCCCCCCC/C=C\CCCCCCCC. The molecule has 12 heteroatoms. The highest BCUT2D eigenvalue weighted by Crippen LogP contribution is 2.43. The lowest BCUT2D eigenvalue weighted by Gasteiger charge is -2.21. The van der Waals surface area contributed by atoms with Crippen LogP contribution in [0.3, 0.4) is 0 Å². The maximum absolute atomic E-state index is 12.9. The van der Waals surface area contributed by atoms with E-state index in [1.165, 1.54) is 109 Å². The fourth-order valence-electron chi connectivity index (χ4n) is 8.15. The molecule has 0 rings (SSSR count). The second kappa shape index (κ2) is 54.7. The lowest BCUT2D eigenvalue weighted by molar-refractivity contribution is -0.161. The average molecular weight is 1040 g/mol. The molecule has 3 atom stereocenters. The zero-order valence-electron chi connectivity index (χ0n) is 46.4. The lowest BCUT2D eigenvalue weighted by atomic mass is 10.1. The Morgan fingerprint density at radius 3 is 1.10 bits per heavy atom. The first-order chi connectivity index (χ1) is 35.2. The van der Waals surface area contributed by atoms with Gasteiger partial charge in [-0.25, -0.2) is 4.57 Å². The first-order valence-electron chi connectivity index (χ1n) is 29.5. The fraction of sp³-hybridized carbons (Fsp3) is 0.817. The Morgan fingerprint density at radius 2 is 0.708 bits per heavy atom. The van der Waals surface area contributed by atoms with Crippen molar-refractivity contribution in [1.29, 1.82) is 0 Å². The standard InChI is InChI=1S/C60H109O11P/c1-4-7-10-13-16-19-22-25-27-28-30-33-36-39-42-45-48-51-60(64)71-57(53-67-58(62)49-46-43-40-37-34-31-24-21-18-15-12-9-6-3)55-69-72(65,66)68-54-56(52-61)70-59(63)50-47-44-41-38-35-32-29-26-23-20-17-14-11-8-5-2/h12,15,21,24-27,29,56-57,61H,4-11,13-14,16-20,22-23,28,30-55H2,1-3H3,(H,65,66)/b15-12-,24-21-,27-25-,29-26-. The zero-order chi connectivity index (χ0) is 52.7. The normalized spacial score (nSPS) is 13.7. The van der Waals surface area contributed by atoms with Crippen LogP contribution in [0.25, 0.3) is 0 Å². The van der Waals surface area contributed by atoms with Gasteiger partial charge in [0.2, 0.25) is 0 Å². The summed E-state index contributed by atoms with van der Waals surface area (Å²) in [6.07, 6.45) is 57.8. The first kappa shape index (κ1) is 69.4. The number of unbranched alkanes of at least 4 members (excludes halogenated alkanes) is 30. The summed E-state index contributed by atoms with van der Waals surface area (Å²) in [4.78, 5) is 48.5. The molecule has 3 unspecified atom stereocenters. The minimum Gasteiger partial charge on any atom is -0.462 e. The number of ether oxygens (including phenoxy) is 3. The maximum Gasteiger partial charge on any atom is 0.472 e. The highest BCUT2D eigenvalue weighted by atomic mass is 31.2. The molecular formula is C60H109O11P. The van der Waals surface area contributed by atoms with Crippen LogP contribution in [0.5, 0.6) is 0 Å². The van der Waals surface area contributed by atoms with Crippen LogP contribution in [0.2, 0.25) is 0 Å². The summed E-state index contributed by atoms with van der Waals surface area (Å²) in [5, 5.41) is 9.81. The lowest BCUT2D eigenvalue weighted by Crippen LogP contribution is -2.30. The van der Waals surface area contributed by atoms with Crippen LogP contribution in [0.4, 0.5) is 0 Å². The summed E-state index contributed by atoms with van der Waals surface area (Å²) in [5.41, 5.74) is 0. The smallest absolute Gasteiger partial charge is 0.462 e. The van der Waals surface area contributed by atoms with Gasteiger partial charge in [0.05, 0.1) is 19.8 Å². The molecule has 0 bridgehead atoms. The molecule has 0 aromatic carbocycles. The van der Waals surface area contributed by atoms with Crippen molar-refractivity contribution in [1.82, 2.24) is 0 Å². The van der Waals surface area contributed by atoms with E-state index in [9.17, 15) is 28.9 Å². The molecular weight excluding hydrogens is 928 g/mol. The number of hydrogen-bond donors (Lipinski definition) is 2. The Hall–Kier alpha value is -2.56. The third-order valence-corrected chi connectivity index (χ3v) is 13.6. The zero-order valence-corrected chi connectivity index (χ0v) is 47.3. The molecule has 0 aliphatic carbocycles. The molecule has 0 saturated heterocycles. The second-order valence-electron chi connectivity index (χ2n) is 19.8. The molecule has 0 fully saturated rings. The van der Waals surface area contributed by atoms with Crippen LogP contribution in [0.15, 0.2) is 48.6 Å². The van der Waals surface area contributed by atoms with Crippen LogP contribution in [0, 0.1) is 0 Å². The topological polar surface area (TPSA) is 155 Å². The van der Waals surface area contributed by atoms with E-state index in [1.807, 2.05) is 0 Å². The van der Waals surface area contributed by atoms with Crippen molar-refractivity contribution in [3.63, 3.8) is 0 Å². The van der Waals surface area contributed by atoms with Gasteiger partial charge in [0.25, 0.3) is 0 Å². The Labute approximate surface area is 441 Å². The molecule has 0 aliphatic heterocycles. The third-order valence-electron chi connectivity index (χ3n) is 12.7. The molecule has 420 valence electrons. The van der Waals surface area contributed by atoms with E-state index < -0.39 is 57.8 Å². The molecule has 11 nitrogen and oxygen atoms in total. The predicted molar refractivity (Wildman–Crippen MR) is 298 cm³/mol. The number of aliphatic hydroxyl groups excluding tert-OH is 1. The largest absolute Gasteiger partial charge is 0.472 e. The quantitative estimate of drug-likeness (QED) is 0.0197. The number of phosphoric ester groups is 1. The Kier molecular flexibility index (Phi) is 52.7. The van der Waals surface area contributed by atoms with Gasteiger partial charge >= 0.3 is 25.7 Å². The van der Waals surface area contributed by atoms with Crippen LogP contribution in [-0.2, 0) is 42.2 Å². The third kappa shape index (κ3) is 52.3. The number of rotatable bonds is 55. The minimum absolute atomic E-state index is 0.160. The molecule has 0 saturated carbocycles. The second-order valence-corrected chi connectivity index (χ2v) is 21.3. The van der Waals surface area contributed by atoms with Gasteiger partial charge in [0, 0.05) is 19.3 Å². The van der Waals surface area contributed by atoms with E-state index in [2.05, 4.69) is 69.4 Å². The summed E-state index contributed by atoms with van der Waals surface area (Å²) >= 11 is 0. The molecule has 72 heavy (non-hydrogen) atoms. The van der Waals surface area contributed by atoms with Crippen molar-refractivity contribution in [2.45, 2.75) is 290 Å². The van der Waals surface area contributed by atoms with Crippen LogP contribution in [-0.4, -0.2) is 66.5 Å². The van der Waals surface area contributed by atoms with Crippen molar-refractivity contribution in [2.24, 2.45) is 0 Å². The van der Waals surface area contributed by atoms with Gasteiger partial charge in [-0.2, -0.15) is 0 Å². The van der Waals surface area contributed by atoms with Crippen LogP contribution < -0.4 is 0 Å². The minimum atomic E-state index is -4.75. The molecule has 0 radical (unpaired) electrons. The number of hydrogen-bond acceptors (Lipinski definition) is 10. The highest BCUT2D eigenvalue weighted by Gasteiger charge is 2.28. The van der Waals surface area contributed by atoms with Gasteiger partial charge in [-0.15, -0.1) is 0 Å². The van der Waals surface area contributed by atoms with Gasteiger partial charge < -0.3 is 24.2 Å². The molecule has 0 spiro atoms. The van der Waals surface area contributed by atoms with E-state index >= 15 is 0 Å². The van der Waals surface area contributed by atoms with Gasteiger partial charge in [0.1, 0.15) is 12.7 Å². The number of carbonyl (C=O) groups excluding carboxylic acids is 3. The summed E-state index contributed by atoms with van der Waals surface area (Å²) in [5.74, 6) is -1.48. The van der Waals surface area contributed by atoms with Gasteiger partial charge in [-0.1, -0.05) is 211 Å². The molecule has 0 aromatic rings. The number of phosphoric acid groups is 1. The predicted octanol–water partition coefficient (Wildman–Crippen LogP) is 17.4. The fourth-order valence-corrected chi connectivity index (χ4v) is 8.93. The van der Waals surface area contributed by atoms with Gasteiger partial charge in [-0.05, 0) is 96.3 Å². The summed E-state index contributed by atoms with van der Waals surface area (Å²) in [6.45, 7) is 4.57. The highest BCUT2D eigenvalue weighted by molar-refractivity contribution is 7.47.